The third-order valence-corrected chi connectivity index (χ3v) is 4.54. The van der Waals surface area contributed by atoms with Gasteiger partial charge in [-0.3, -0.25) is 19.7 Å². The molecule has 2 amide bonds. The van der Waals surface area contributed by atoms with Crippen LogP contribution in [0.1, 0.15) is 17.7 Å². The van der Waals surface area contributed by atoms with Gasteiger partial charge in [-0.1, -0.05) is 6.07 Å². The second-order valence-corrected chi connectivity index (χ2v) is 6.55. The Kier molecular flexibility index (Phi) is 5.01. The minimum absolute atomic E-state index is 0.0790. The zero-order valence-electron chi connectivity index (χ0n) is 15.0. The lowest BCUT2D eigenvalue weighted by atomic mass is 9.93. The smallest absolute Gasteiger partial charge is 0.313 e. The molecule has 4 rings (SSSR count). The van der Waals surface area contributed by atoms with E-state index in [0.29, 0.717) is 23.6 Å². The largest absolute Gasteiger partial charge is 0.457 e. The molecule has 0 saturated carbocycles. The number of aromatic nitrogens is 3. The summed E-state index contributed by atoms with van der Waals surface area (Å²) in [6, 6.07) is 10.2. The number of carbonyl (C=O) groups excluding carboxylic acids is 2. The van der Waals surface area contributed by atoms with Gasteiger partial charge in [0, 0.05) is 35.9 Å². The molecule has 0 saturated heterocycles. The molecule has 0 aliphatic heterocycles. The number of H-pyrrole nitrogens is 1. The predicted molar refractivity (Wildman–Crippen MR) is 102 cm³/mol. The third kappa shape index (κ3) is 4.17. The van der Waals surface area contributed by atoms with Crippen molar-refractivity contribution in [3.8, 4) is 11.5 Å². The van der Waals surface area contributed by atoms with Crippen LogP contribution in [0.25, 0.3) is 0 Å². The van der Waals surface area contributed by atoms with Gasteiger partial charge in [0.1, 0.15) is 11.5 Å². The molecule has 1 aromatic carbocycles. The van der Waals surface area contributed by atoms with E-state index in [-0.39, 0.29) is 6.04 Å². The van der Waals surface area contributed by atoms with Gasteiger partial charge < -0.3 is 15.4 Å². The molecule has 1 aliphatic rings. The fourth-order valence-electron chi connectivity index (χ4n) is 3.16. The standard InChI is InChI=1S/C20H19N5O3/c26-19(20(27)24-15-4-5-18-13(10-15)12-22-25-18)23-14-2-1-3-17(11-14)28-16-6-8-21-9-7-16/h1-3,6-9,11-12,15H,4-5,10H2,(H,22,25)(H,23,26)(H,24,27)/t15-/m0/s1. The van der Waals surface area contributed by atoms with Gasteiger partial charge in [-0.05, 0) is 49.1 Å². The van der Waals surface area contributed by atoms with Crippen molar-refractivity contribution in [2.45, 2.75) is 25.3 Å². The molecule has 142 valence electrons. The van der Waals surface area contributed by atoms with Gasteiger partial charge in [-0.15, -0.1) is 0 Å². The molecule has 0 unspecified atom stereocenters. The average Bonchev–Trinajstić information content (AvgIpc) is 3.17. The molecule has 28 heavy (non-hydrogen) atoms. The van der Waals surface area contributed by atoms with Crippen LogP contribution in [0.15, 0.2) is 55.0 Å². The number of hydrogen-bond acceptors (Lipinski definition) is 5. The number of anilines is 1. The van der Waals surface area contributed by atoms with Crippen LogP contribution < -0.4 is 15.4 Å². The summed E-state index contributed by atoms with van der Waals surface area (Å²) in [6.07, 6.45) is 7.26. The molecular weight excluding hydrogens is 358 g/mol. The molecule has 2 aromatic heterocycles. The highest BCUT2D eigenvalue weighted by molar-refractivity contribution is 6.39. The number of nitrogens with one attached hydrogen (secondary N) is 3. The summed E-state index contributed by atoms with van der Waals surface area (Å²) in [7, 11) is 0. The van der Waals surface area contributed by atoms with Crippen LogP contribution in [-0.2, 0) is 22.4 Å². The predicted octanol–water partition coefficient (Wildman–Crippen LogP) is 2.21. The van der Waals surface area contributed by atoms with Gasteiger partial charge in [0.2, 0.25) is 0 Å². The molecule has 3 aromatic rings. The maximum absolute atomic E-state index is 12.3. The highest BCUT2D eigenvalue weighted by atomic mass is 16.5. The summed E-state index contributed by atoms with van der Waals surface area (Å²) in [5, 5.41) is 12.4. The number of aromatic amines is 1. The summed E-state index contributed by atoms with van der Waals surface area (Å²) in [5.41, 5.74) is 2.66. The second kappa shape index (κ2) is 7.91. The van der Waals surface area contributed by atoms with Gasteiger partial charge in [-0.2, -0.15) is 5.10 Å². The lowest BCUT2D eigenvalue weighted by molar-refractivity contribution is -0.136. The van der Waals surface area contributed by atoms with Crippen molar-refractivity contribution in [1.29, 1.82) is 0 Å². The maximum atomic E-state index is 12.3. The number of nitrogens with zero attached hydrogens (tertiary/aromatic N) is 2. The summed E-state index contributed by atoms with van der Waals surface area (Å²) in [4.78, 5) is 28.5. The highest BCUT2D eigenvalue weighted by Gasteiger charge is 2.24. The number of pyridine rings is 1. The molecule has 2 heterocycles. The number of carbonyl (C=O) groups is 2. The van der Waals surface area contributed by atoms with E-state index in [1.54, 1.807) is 55.0 Å². The number of benzene rings is 1. The molecule has 1 atom stereocenters. The van der Waals surface area contributed by atoms with Crippen molar-refractivity contribution in [2.75, 3.05) is 5.32 Å². The van der Waals surface area contributed by atoms with E-state index in [1.165, 1.54) is 0 Å². The summed E-state index contributed by atoms with van der Waals surface area (Å²) in [5.74, 6) is -0.187. The van der Waals surface area contributed by atoms with Crippen molar-refractivity contribution in [3.63, 3.8) is 0 Å². The molecule has 0 bridgehead atoms. The highest BCUT2D eigenvalue weighted by Crippen LogP contribution is 2.23. The first-order valence-electron chi connectivity index (χ1n) is 8.98. The minimum Gasteiger partial charge on any atom is -0.457 e. The Morgan fingerprint density at radius 1 is 1.11 bits per heavy atom. The molecule has 0 radical (unpaired) electrons. The van der Waals surface area contributed by atoms with Gasteiger partial charge in [0.25, 0.3) is 0 Å². The molecule has 0 fully saturated rings. The first-order valence-corrected chi connectivity index (χ1v) is 8.98. The molecule has 1 aliphatic carbocycles. The number of ether oxygens (including phenoxy) is 1. The van der Waals surface area contributed by atoms with Crippen molar-refractivity contribution in [1.82, 2.24) is 20.5 Å². The van der Waals surface area contributed by atoms with Crippen LogP contribution in [-0.4, -0.2) is 33.0 Å². The van der Waals surface area contributed by atoms with Crippen molar-refractivity contribution < 1.29 is 14.3 Å². The van der Waals surface area contributed by atoms with E-state index in [2.05, 4.69) is 25.8 Å². The normalized spacial score (nSPS) is 15.4. The average molecular weight is 377 g/mol. The van der Waals surface area contributed by atoms with Gasteiger partial charge in [0.05, 0.1) is 6.20 Å². The molecule has 0 spiro atoms. The van der Waals surface area contributed by atoms with E-state index in [0.717, 1.165) is 24.1 Å². The van der Waals surface area contributed by atoms with Crippen LogP contribution in [0.3, 0.4) is 0 Å². The summed E-state index contributed by atoms with van der Waals surface area (Å²) < 4.78 is 5.71. The zero-order chi connectivity index (χ0) is 19.3. The Hall–Kier alpha value is -3.68. The summed E-state index contributed by atoms with van der Waals surface area (Å²) >= 11 is 0. The van der Waals surface area contributed by atoms with E-state index in [4.69, 9.17) is 4.74 Å². The van der Waals surface area contributed by atoms with E-state index in [1.807, 2.05) is 0 Å². The molecule has 3 N–H and O–H groups in total. The van der Waals surface area contributed by atoms with Crippen LogP contribution in [0, 0.1) is 0 Å². The molecular formula is C20H19N5O3. The zero-order valence-corrected chi connectivity index (χ0v) is 15.0. The lowest BCUT2D eigenvalue weighted by Gasteiger charge is -2.22. The van der Waals surface area contributed by atoms with E-state index in [9.17, 15) is 9.59 Å². The minimum atomic E-state index is -0.709. The van der Waals surface area contributed by atoms with Crippen molar-refractivity contribution in [2.24, 2.45) is 0 Å². The van der Waals surface area contributed by atoms with Gasteiger partial charge in [0.15, 0.2) is 0 Å². The van der Waals surface area contributed by atoms with Crippen molar-refractivity contribution in [3.05, 3.63) is 66.2 Å². The van der Waals surface area contributed by atoms with Crippen LogP contribution in [0.4, 0.5) is 5.69 Å². The number of aryl methyl sites for hydroxylation is 1. The second-order valence-electron chi connectivity index (χ2n) is 6.55. The van der Waals surface area contributed by atoms with Crippen LogP contribution in [0.5, 0.6) is 11.5 Å². The lowest BCUT2D eigenvalue weighted by Crippen LogP contribution is -2.44. The van der Waals surface area contributed by atoms with Gasteiger partial charge in [-0.25, -0.2) is 0 Å². The van der Waals surface area contributed by atoms with E-state index < -0.39 is 11.8 Å². The molecule has 8 heteroatoms. The third-order valence-electron chi connectivity index (χ3n) is 4.54. The Balaban J connectivity index is 1.34. The van der Waals surface area contributed by atoms with E-state index >= 15 is 0 Å². The number of hydrogen-bond donors (Lipinski definition) is 3. The first kappa shape index (κ1) is 17.7. The van der Waals surface area contributed by atoms with Crippen LogP contribution in [0.2, 0.25) is 0 Å². The SMILES string of the molecule is O=C(Nc1cccc(Oc2ccncc2)c1)C(=O)N[C@H]1CCc2[nH]ncc2C1. The fourth-order valence-corrected chi connectivity index (χ4v) is 3.16. The monoisotopic (exact) mass is 377 g/mol. The number of rotatable bonds is 4. The maximum Gasteiger partial charge on any atom is 0.313 e. The van der Waals surface area contributed by atoms with Gasteiger partial charge >= 0.3 is 11.8 Å². The van der Waals surface area contributed by atoms with Crippen molar-refractivity contribution >= 4 is 17.5 Å². The Morgan fingerprint density at radius 3 is 2.82 bits per heavy atom. The fraction of sp³-hybridized carbons (Fsp3) is 0.200. The quantitative estimate of drug-likeness (QED) is 0.604. The molecule has 8 nitrogen and oxygen atoms in total. The Bertz CT molecular complexity index is 986. The summed E-state index contributed by atoms with van der Waals surface area (Å²) in [6.45, 7) is 0. The first-order chi connectivity index (χ1) is 13.7. The number of amides is 2. The Labute approximate surface area is 161 Å². The number of fused-ring (bicyclic) bond motifs is 1. The topological polar surface area (TPSA) is 109 Å². The Morgan fingerprint density at radius 2 is 1.96 bits per heavy atom. The van der Waals surface area contributed by atoms with Crippen LogP contribution >= 0.6 is 0 Å².